The minimum atomic E-state index is -1.54. The number of carbonyl (C=O) groups is 3. The van der Waals surface area contributed by atoms with E-state index < -0.39 is 35.7 Å². The van der Waals surface area contributed by atoms with Gasteiger partial charge in [-0.3, -0.25) is 23.7 Å². The number of halogens is 1. The summed E-state index contributed by atoms with van der Waals surface area (Å²) in [6.07, 6.45) is -3.05. The van der Waals surface area contributed by atoms with Crippen molar-refractivity contribution in [3.63, 3.8) is 0 Å². The predicted molar refractivity (Wildman–Crippen MR) is 187 cm³/mol. The van der Waals surface area contributed by atoms with Crippen molar-refractivity contribution in [1.29, 1.82) is 0 Å². The summed E-state index contributed by atoms with van der Waals surface area (Å²) in [6, 6.07) is 12.3. The number of aromatic nitrogens is 8. The molecule has 4 N–H and O–H groups in total. The normalized spacial score (nSPS) is 13.8. The number of hydrogen-bond acceptors (Lipinski definition) is 7. The summed E-state index contributed by atoms with van der Waals surface area (Å²) in [7, 11) is 3.27. The van der Waals surface area contributed by atoms with Gasteiger partial charge < -0.3 is 34.2 Å². The van der Waals surface area contributed by atoms with Gasteiger partial charge in [0.1, 0.15) is 22.7 Å². The predicted octanol–water partition coefficient (Wildman–Crippen LogP) is 1.46. The first kappa shape index (κ1) is 35.9. The zero-order valence-electron chi connectivity index (χ0n) is 29.6. The summed E-state index contributed by atoms with van der Waals surface area (Å²) in [5.41, 5.74) is 9.13. The van der Waals surface area contributed by atoms with Crippen LogP contribution in [0, 0.1) is 19.7 Å². The molecule has 0 aliphatic heterocycles. The third-order valence-electron chi connectivity index (χ3n) is 9.02. The first-order valence-corrected chi connectivity index (χ1v) is 16.7. The zero-order chi connectivity index (χ0) is 37.6. The van der Waals surface area contributed by atoms with E-state index in [0.29, 0.717) is 41.0 Å². The molecule has 272 valence electrons. The van der Waals surface area contributed by atoms with Gasteiger partial charge in [0.25, 0.3) is 11.8 Å². The van der Waals surface area contributed by atoms with Gasteiger partial charge in [-0.25, -0.2) is 4.39 Å². The van der Waals surface area contributed by atoms with E-state index in [9.17, 15) is 24.6 Å². The van der Waals surface area contributed by atoms with Crippen LogP contribution < -0.4 is 17.0 Å². The molecule has 0 saturated carbocycles. The Morgan fingerprint density at radius 2 is 1.29 bits per heavy atom. The molecule has 2 unspecified atom stereocenters. The Balaban J connectivity index is 1.43. The third kappa shape index (κ3) is 6.39. The number of fused-ring (bicyclic) bond motifs is 2. The number of nitrogens with zero attached hydrogens (tertiary/aromatic N) is 10. The van der Waals surface area contributed by atoms with E-state index >= 15 is 4.39 Å². The van der Waals surface area contributed by atoms with Crippen LogP contribution in [0.4, 0.5) is 4.39 Å². The van der Waals surface area contributed by atoms with Gasteiger partial charge in [0.15, 0.2) is 0 Å². The summed E-state index contributed by atoms with van der Waals surface area (Å²) < 4.78 is 24.5. The van der Waals surface area contributed by atoms with E-state index in [1.807, 2.05) is 13.8 Å². The molecule has 2 aromatic carbocycles. The lowest BCUT2D eigenvalue weighted by atomic mass is 10.1. The summed E-state index contributed by atoms with van der Waals surface area (Å²) in [5, 5.41) is 31.8. The monoisotopic (exact) mass is 713 g/mol. The maximum absolute atomic E-state index is 15.4. The summed E-state index contributed by atoms with van der Waals surface area (Å²) in [5.74, 6) is -2.48. The Hall–Kier alpha value is -5.94. The lowest BCUT2D eigenvalue weighted by Gasteiger charge is -2.20. The molecule has 4 heterocycles. The maximum Gasteiger partial charge on any atom is 0.298 e. The summed E-state index contributed by atoms with van der Waals surface area (Å²) >= 11 is 0. The fourth-order valence-corrected chi connectivity index (χ4v) is 6.46. The van der Waals surface area contributed by atoms with Crippen molar-refractivity contribution in [3.8, 4) is 0 Å². The van der Waals surface area contributed by atoms with Gasteiger partial charge in [-0.2, -0.15) is 20.2 Å². The first-order valence-electron chi connectivity index (χ1n) is 16.7. The number of aliphatic hydroxyl groups is 2. The van der Waals surface area contributed by atoms with Crippen molar-refractivity contribution in [2.75, 3.05) is 0 Å². The molecule has 17 heteroatoms. The van der Waals surface area contributed by atoms with Gasteiger partial charge in [0.2, 0.25) is 17.1 Å². The number of amides is 3. The highest BCUT2D eigenvalue weighted by atomic mass is 19.1. The molecule has 6 rings (SSSR count). The van der Waals surface area contributed by atoms with Crippen LogP contribution in [0.1, 0.15) is 56.6 Å². The Labute approximate surface area is 296 Å². The molecule has 0 spiro atoms. The summed E-state index contributed by atoms with van der Waals surface area (Å²) in [6.45, 7) is 7.42. The number of primary amides is 1. The average Bonchev–Trinajstić information content (AvgIpc) is 3.83. The number of carbonyl (C=O) groups excluding carboxylic acids is 3. The number of benzene rings is 2. The second-order valence-corrected chi connectivity index (χ2v) is 12.6. The zero-order valence-corrected chi connectivity index (χ0v) is 29.6. The average molecular weight is 714 g/mol. The van der Waals surface area contributed by atoms with Gasteiger partial charge >= 0.3 is 0 Å². The number of para-hydroxylation sites is 1. The van der Waals surface area contributed by atoms with Gasteiger partial charge in [-0.05, 0) is 70.2 Å². The SMILES string of the molecule is CCn1nc(C)cc1C(=O)N=c1n(C)c2cc(C(N)=O)ccc2n1CC(O)C(O)Cn1c(=NC(=O)c2cc(C)nn2CC)n(C)c2cccc(F)c21. The van der Waals surface area contributed by atoms with Gasteiger partial charge in [-0.1, -0.05) is 6.07 Å². The van der Waals surface area contributed by atoms with Gasteiger partial charge in [0.05, 0.1) is 53.2 Å². The maximum atomic E-state index is 15.4. The fourth-order valence-electron chi connectivity index (χ4n) is 6.46. The second-order valence-electron chi connectivity index (χ2n) is 12.6. The van der Waals surface area contributed by atoms with Crippen molar-refractivity contribution in [1.82, 2.24) is 37.8 Å². The highest BCUT2D eigenvalue weighted by Gasteiger charge is 2.25. The largest absolute Gasteiger partial charge is 0.388 e. The quantitative estimate of drug-likeness (QED) is 0.191. The summed E-state index contributed by atoms with van der Waals surface area (Å²) in [4.78, 5) is 47.8. The lowest BCUT2D eigenvalue weighted by Crippen LogP contribution is -2.40. The van der Waals surface area contributed by atoms with Crippen LogP contribution in [0.15, 0.2) is 58.5 Å². The number of hydrogen-bond donors (Lipinski definition) is 3. The standard InChI is InChI=1S/C35H40FN11O5/c1-7-46-26(14-19(3)40-46)32(51)38-34-43(6)25-16-21(31(37)50)12-13-23(25)44(34)17-28(48)29(49)18-45-30-22(36)10-9-11-24(30)42(5)35(45)39-33(52)27-15-20(4)41-47(27)8-2/h9-16,28-29,48-49H,7-8,17-18H2,1-6H3,(H2,37,50). The van der Waals surface area contributed by atoms with E-state index in [1.54, 1.807) is 67.4 Å². The van der Waals surface area contributed by atoms with E-state index in [-0.39, 0.29) is 46.8 Å². The lowest BCUT2D eigenvalue weighted by molar-refractivity contribution is -0.000214. The van der Waals surface area contributed by atoms with E-state index in [1.165, 1.54) is 36.7 Å². The van der Waals surface area contributed by atoms with Crippen molar-refractivity contribution in [3.05, 3.63) is 93.9 Å². The van der Waals surface area contributed by atoms with Gasteiger partial charge in [0, 0.05) is 32.7 Å². The van der Waals surface area contributed by atoms with Crippen LogP contribution in [0.2, 0.25) is 0 Å². The molecule has 4 aromatic heterocycles. The Bertz CT molecular complexity index is 2530. The van der Waals surface area contributed by atoms with Crippen molar-refractivity contribution in [2.45, 2.75) is 66.1 Å². The molecule has 0 aliphatic carbocycles. The van der Waals surface area contributed by atoms with Crippen LogP contribution in [0.3, 0.4) is 0 Å². The molecule has 2 atom stereocenters. The number of aliphatic hydroxyl groups excluding tert-OH is 2. The van der Waals surface area contributed by atoms with Crippen LogP contribution in [0.25, 0.3) is 22.1 Å². The second kappa shape index (κ2) is 14.0. The molecule has 0 bridgehead atoms. The van der Waals surface area contributed by atoms with Gasteiger partial charge in [-0.15, -0.1) is 0 Å². The Kier molecular flexibility index (Phi) is 9.65. The highest BCUT2D eigenvalue weighted by molar-refractivity contribution is 5.97. The minimum absolute atomic E-state index is 0.0405. The number of nitrogens with two attached hydrogens (primary N) is 1. The van der Waals surface area contributed by atoms with Crippen molar-refractivity contribution in [2.24, 2.45) is 29.8 Å². The Morgan fingerprint density at radius 1 is 0.769 bits per heavy atom. The molecule has 16 nitrogen and oxygen atoms in total. The molecule has 52 heavy (non-hydrogen) atoms. The smallest absolute Gasteiger partial charge is 0.298 e. The first-order chi connectivity index (χ1) is 24.7. The van der Waals surface area contributed by atoms with Crippen LogP contribution in [0.5, 0.6) is 0 Å². The Morgan fingerprint density at radius 3 is 1.83 bits per heavy atom. The molecule has 3 amide bonds. The fraction of sp³-hybridized carbons (Fsp3) is 0.343. The van der Waals surface area contributed by atoms with Crippen molar-refractivity contribution < 1.29 is 29.0 Å². The van der Waals surface area contributed by atoms with Crippen LogP contribution in [-0.4, -0.2) is 78.0 Å². The third-order valence-corrected chi connectivity index (χ3v) is 9.02. The molecular formula is C35H40FN11O5. The topological polar surface area (TPSA) is 198 Å². The van der Waals surface area contributed by atoms with E-state index in [4.69, 9.17) is 5.73 Å². The number of rotatable bonds is 10. The number of aryl methyl sites for hydroxylation is 6. The molecule has 0 radical (unpaired) electrons. The van der Waals surface area contributed by atoms with E-state index in [0.717, 1.165) is 0 Å². The number of imidazole rings is 2. The molecule has 0 aliphatic rings. The molecular weight excluding hydrogens is 673 g/mol. The van der Waals surface area contributed by atoms with Crippen LogP contribution >= 0.6 is 0 Å². The molecule has 6 aromatic rings. The highest BCUT2D eigenvalue weighted by Crippen LogP contribution is 2.20. The van der Waals surface area contributed by atoms with E-state index in [2.05, 4.69) is 20.2 Å². The molecule has 0 fully saturated rings. The molecule has 0 saturated heterocycles. The minimum Gasteiger partial charge on any atom is -0.388 e. The van der Waals surface area contributed by atoms with Crippen molar-refractivity contribution >= 4 is 39.8 Å². The van der Waals surface area contributed by atoms with Crippen LogP contribution in [-0.2, 0) is 40.3 Å².